The predicted octanol–water partition coefficient (Wildman–Crippen LogP) is 3.07. The molecule has 0 aliphatic heterocycles. The van der Waals surface area contributed by atoms with Crippen molar-refractivity contribution in [2.75, 3.05) is 0 Å². The van der Waals surface area contributed by atoms with Crippen molar-refractivity contribution in [2.45, 2.75) is 33.1 Å². The van der Waals surface area contributed by atoms with Crippen LogP contribution < -0.4 is 0 Å². The molecule has 0 spiro atoms. The van der Waals surface area contributed by atoms with E-state index in [0.29, 0.717) is 5.82 Å². The van der Waals surface area contributed by atoms with Crippen LogP contribution in [0.15, 0.2) is 18.2 Å². The molecule has 0 fully saturated rings. The first kappa shape index (κ1) is 11.8. The lowest BCUT2D eigenvalue weighted by Gasteiger charge is -2.19. The van der Waals surface area contributed by atoms with Gasteiger partial charge in [0.15, 0.2) is 11.6 Å². The van der Waals surface area contributed by atoms with E-state index in [4.69, 9.17) is 0 Å². The van der Waals surface area contributed by atoms with E-state index in [-0.39, 0.29) is 11.2 Å². The number of benzene rings is 1. The molecular weight excluding hydrogens is 212 g/mol. The number of fused-ring (bicyclic) bond motifs is 1. The summed E-state index contributed by atoms with van der Waals surface area (Å²) in [5.41, 5.74) is 3.16. The first-order valence-corrected chi connectivity index (χ1v) is 5.79. The van der Waals surface area contributed by atoms with Crippen molar-refractivity contribution >= 4 is 16.8 Å². The second-order valence-corrected chi connectivity index (χ2v) is 5.47. The Kier molecular flexibility index (Phi) is 2.57. The van der Waals surface area contributed by atoms with Crippen LogP contribution in [0.25, 0.3) is 11.0 Å². The Bertz CT molecular complexity index is 588. The van der Waals surface area contributed by atoms with Gasteiger partial charge in [-0.2, -0.15) is 0 Å². The number of aryl methyl sites for hydroxylation is 1. The zero-order chi connectivity index (χ0) is 12.8. The average Bonchev–Trinajstić information content (AvgIpc) is 2.55. The molecular formula is C14H18N2O. The summed E-state index contributed by atoms with van der Waals surface area (Å²) in [4.78, 5) is 16.0. The Balaban J connectivity index is 2.83. The maximum absolute atomic E-state index is 11.5. The van der Waals surface area contributed by atoms with Crippen LogP contribution in [0.4, 0.5) is 0 Å². The first-order chi connectivity index (χ1) is 7.82. The summed E-state index contributed by atoms with van der Waals surface area (Å²) < 4.78 is 1.87. The van der Waals surface area contributed by atoms with E-state index in [1.165, 1.54) is 5.56 Å². The molecule has 2 aromatic rings. The van der Waals surface area contributed by atoms with Gasteiger partial charge in [-0.05, 0) is 17.0 Å². The summed E-state index contributed by atoms with van der Waals surface area (Å²) >= 11 is 0. The summed E-state index contributed by atoms with van der Waals surface area (Å²) in [6.45, 7) is 8.02. The third-order valence-corrected chi connectivity index (χ3v) is 3.03. The van der Waals surface area contributed by atoms with E-state index in [2.05, 4.69) is 31.8 Å². The van der Waals surface area contributed by atoms with Gasteiger partial charge in [0.2, 0.25) is 0 Å². The van der Waals surface area contributed by atoms with Crippen molar-refractivity contribution < 1.29 is 4.79 Å². The zero-order valence-electron chi connectivity index (χ0n) is 11.0. The lowest BCUT2D eigenvalue weighted by molar-refractivity contribution is 0.100. The van der Waals surface area contributed by atoms with Gasteiger partial charge in [0.1, 0.15) is 0 Å². The van der Waals surface area contributed by atoms with Crippen LogP contribution >= 0.6 is 0 Å². The highest BCUT2D eigenvalue weighted by molar-refractivity contribution is 5.95. The van der Waals surface area contributed by atoms with E-state index < -0.39 is 0 Å². The number of hydrogen-bond donors (Lipinski definition) is 0. The van der Waals surface area contributed by atoms with Crippen molar-refractivity contribution in [3.05, 3.63) is 29.6 Å². The summed E-state index contributed by atoms with van der Waals surface area (Å²) in [5, 5.41) is 0. The van der Waals surface area contributed by atoms with Crippen LogP contribution in [-0.2, 0) is 12.5 Å². The molecule has 1 heterocycles. The molecule has 17 heavy (non-hydrogen) atoms. The second kappa shape index (κ2) is 3.69. The molecule has 3 nitrogen and oxygen atoms in total. The molecule has 0 unspecified atom stereocenters. The van der Waals surface area contributed by atoms with Crippen molar-refractivity contribution in [1.29, 1.82) is 0 Å². The van der Waals surface area contributed by atoms with Gasteiger partial charge in [0.25, 0.3) is 0 Å². The smallest absolute Gasteiger partial charge is 0.195 e. The van der Waals surface area contributed by atoms with Crippen LogP contribution in [0, 0.1) is 0 Å². The number of para-hydroxylation sites is 1. The quantitative estimate of drug-likeness (QED) is 0.706. The SMILES string of the molecule is CC(=O)c1nc2c(C(C)(C)C)cccc2n1C. The van der Waals surface area contributed by atoms with Gasteiger partial charge in [0, 0.05) is 14.0 Å². The third kappa shape index (κ3) is 1.86. The topological polar surface area (TPSA) is 34.9 Å². The Morgan fingerprint density at radius 2 is 1.94 bits per heavy atom. The van der Waals surface area contributed by atoms with Crippen LogP contribution in [0.1, 0.15) is 43.9 Å². The normalized spacial score (nSPS) is 12.1. The highest BCUT2D eigenvalue weighted by atomic mass is 16.1. The van der Waals surface area contributed by atoms with E-state index in [1.807, 2.05) is 23.7 Å². The maximum Gasteiger partial charge on any atom is 0.195 e. The van der Waals surface area contributed by atoms with Gasteiger partial charge >= 0.3 is 0 Å². The van der Waals surface area contributed by atoms with E-state index in [1.54, 1.807) is 6.92 Å². The van der Waals surface area contributed by atoms with Gasteiger partial charge in [-0.25, -0.2) is 4.98 Å². The van der Waals surface area contributed by atoms with Gasteiger partial charge in [0.05, 0.1) is 11.0 Å². The predicted molar refractivity (Wildman–Crippen MR) is 69.4 cm³/mol. The summed E-state index contributed by atoms with van der Waals surface area (Å²) in [6, 6.07) is 6.11. The fraction of sp³-hybridized carbons (Fsp3) is 0.429. The average molecular weight is 230 g/mol. The number of hydrogen-bond acceptors (Lipinski definition) is 2. The van der Waals surface area contributed by atoms with Crippen LogP contribution in [0.3, 0.4) is 0 Å². The fourth-order valence-corrected chi connectivity index (χ4v) is 2.13. The molecule has 2 rings (SSSR count). The number of Topliss-reactive ketones (excluding diaryl/α,β-unsaturated/α-hetero) is 1. The Labute approximate surface area is 101 Å². The van der Waals surface area contributed by atoms with E-state index in [0.717, 1.165) is 11.0 Å². The number of aromatic nitrogens is 2. The monoisotopic (exact) mass is 230 g/mol. The molecule has 0 amide bonds. The fourth-order valence-electron chi connectivity index (χ4n) is 2.13. The minimum Gasteiger partial charge on any atom is -0.325 e. The highest BCUT2D eigenvalue weighted by Gasteiger charge is 2.21. The number of rotatable bonds is 1. The Morgan fingerprint density at radius 3 is 2.47 bits per heavy atom. The number of carbonyl (C=O) groups is 1. The molecule has 0 saturated carbocycles. The number of nitrogens with zero attached hydrogens (tertiary/aromatic N) is 2. The molecule has 1 aromatic heterocycles. The number of carbonyl (C=O) groups excluding carboxylic acids is 1. The largest absolute Gasteiger partial charge is 0.325 e. The van der Waals surface area contributed by atoms with Crippen molar-refractivity contribution in [3.63, 3.8) is 0 Å². The lowest BCUT2D eigenvalue weighted by atomic mass is 9.86. The molecule has 0 atom stereocenters. The molecule has 0 N–H and O–H groups in total. The summed E-state index contributed by atoms with van der Waals surface area (Å²) in [6.07, 6.45) is 0. The molecule has 0 radical (unpaired) electrons. The summed E-state index contributed by atoms with van der Waals surface area (Å²) in [7, 11) is 1.89. The lowest BCUT2D eigenvalue weighted by Crippen LogP contribution is -2.11. The van der Waals surface area contributed by atoms with E-state index in [9.17, 15) is 4.79 Å². The van der Waals surface area contributed by atoms with Crippen LogP contribution in [-0.4, -0.2) is 15.3 Å². The molecule has 1 aromatic carbocycles. The zero-order valence-corrected chi connectivity index (χ0v) is 11.0. The third-order valence-electron chi connectivity index (χ3n) is 3.03. The molecule has 0 aliphatic carbocycles. The van der Waals surface area contributed by atoms with Crippen molar-refractivity contribution in [1.82, 2.24) is 9.55 Å². The molecule has 0 aliphatic rings. The van der Waals surface area contributed by atoms with Crippen molar-refractivity contribution in [2.24, 2.45) is 7.05 Å². The number of imidazole rings is 1. The molecule has 3 heteroatoms. The second-order valence-electron chi connectivity index (χ2n) is 5.47. The van der Waals surface area contributed by atoms with E-state index >= 15 is 0 Å². The minimum absolute atomic E-state index is 0.00330. The van der Waals surface area contributed by atoms with Crippen LogP contribution in [0.5, 0.6) is 0 Å². The van der Waals surface area contributed by atoms with Crippen molar-refractivity contribution in [3.8, 4) is 0 Å². The minimum atomic E-state index is 0.00330. The van der Waals surface area contributed by atoms with Gasteiger partial charge in [-0.1, -0.05) is 32.9 Å². The highest BCUT2D eigenvalue weighted by Crippen LogP contribution is 2.29. The Morgan fingerprint density at radius 1 is 1.29 bits per heavy atom. The number of ketones is 1. The van der Waals surface area contributed by atoms with Gasteiger partial charge < -0.3 is 4.57 Å². The summed E-state index contributed by atoms with van der Waals surface area (Å²) in [5.74, 6) is 0.528. The first-order valence-electron chi connectivity index (χ1n) is 5.79. The standard InChI is InChI=1S/C14H18N2O/c1-9(17)13-15-12-10(14(2,3)4)7-6-8-11(12)16(13)5/h6-8H,1-5H3. The van der Waals surface area contributed by atoms with Gasteiger partial charge in [-0.3, -0.25) is 4.79 Å². The van der Waals surface area contributed by atoms with Gasteiger partial charge in [-0.15, -0.1) is 0 Å². The maximum atomic E-state index is 11.5. The van der Waals surface area contributed by atoms with Crippen LogP contribution in [0.2, 0.25) is 0 Å². The Hall–Kier alpha value is -1.64. The molecule has 0 saturated heterocycles. The molecule has 90 valence electrons. The molecule has 0 bridgehead atoms.